The van der Waals surface area contributed by atoms with Crippen molar-refractivity contribution >= 4 is 5.78 Å². The van der Waals surface area contributed by atoms with E-state index in [2.05, 4.69) is 30.4 Å². The van der Waals surface area contributed by atoms with E-state index in [1.807, 2.05) is 19.1 Å². The molecule has 0 saturated heterocycles. The Morgan fingerprint density at radius 1 is 1.55 bits per heavy atom. The number of nitrogens with one attached hydrogen (secondary N) is 2. The van der Waals surface area contributed by atoms with Gasteiger partial charge in [0.15, 0.2) is 5.78 Å². The monoisotopic (exact) mass is 271 g/mol. The Hall–Kier alpha value is -2.07. The van der Waals surface area contributed by atoms with Gasteiger partial charge in [-0.3, -0.25) is 4.79 Å². The van der Waals surface area contributed by atoms with Crippen LogP contribution >= 0.6 is 0 Å². The van der Waals surface area contributed by atoms with Crippen LogP contribution in [-0.4, -0.2) is 11.3 Å². The lowest BCUT2D eigenvalue weighted by Crippen LogP contribution is -2.49. The molecular formula is C16H21N3O. The van der Waals surface area contributed by atoms with Crippen LogP contribution < -0.4 is 16.6 Å². The average molecular weight is 271 g/mol. The molecule has 4 nitrogen and oxygen atoms in total. The number of carbonyl (C=O) groups excluding carboxylic acids is 1. The van der Waals surface area contributed by atoms with Crippen LogP contribution in [-0.2, 0) is 4.79 Å². The summed E-state index contributed by atoms with van der Waals surface area (Å²) < 4.78 is 0. The predicted octanol–water partition coefficient (Wildman–Crippen LogP) is 1.86. The van der Waals surface area contributed by atoms with Crippen LogP contribution in [0.15, 0.2) is 59.5 Å². The molecule has 2 atom stereocenters. The molecule has 0 unspecified atom stereocenters. The molecule has 0 radical (unpaired) electrons. The van der Waals surface area contributed by atoms with Gasteiger partial charge >= 0.3 is 0 Å². The first-order chi connectivity index (χ1) is 9.43. The fourth-order valence-corrected chi connectivity index (χ4v) is 2.46. The lowest BCUT2D eigenvalue weighted by Gasteiger charge is -2.23. The van der Waals surface area contributed by atoms with E-state index in [0.717, 1.165) is 22.4 Å². The normalized spacial score (nSPS) is 29.4. The molecule has 4 heteroatoms. The van der Waals surface area contributed by atoms with Gasteiger partial charge in [0.05, 0.1) is 0 Å². The standard InChI is InChI=1S/C16H21N3O/c1-5-12(9-17)13-7-6-10(2)15-14(8-13)16(4,11(3)20)19-18-15/h5-10,18-19H,1,17H2,2-4H3/b12-9+/t10-,16+/m0/s1. The molecule has 0 aromatic heterocycles. The number of Topliss-reactive ketones (excluding diaryl/α,β-unsaturated/α-hetero) is 1. The highest BCUT2D eigenvalue weighted by molar-refractivity contribution is 5.91. The molecule has 1 aliphatic heterocycles. The number of hydrazine groups is 1. The van der Waals surface area contributed by atoms with E-state index in [0.29, 0.717) is 0 Å². The second-order valence-electron chi connectivity index (χ2n) is 5.33. The largest absolute Gasteiger partial charge is 0.404 e. The predicted molar refractivity (Wildman–Crippen MR) is 81.2 cm³/mol. The van der Waals surface area contributed by atoms with Gasteiger partial charge in [-0.05, 0) is 31.1 Å². The van der Waals surface area contributed by atoms with Crippen molar-refractivity contribution in [3.8, 4) is 0 Å². The Morgan fingerprint density at radius 2 is 2.25 bits per heavy atom. The molecule has 0 bridgehead atoms. The third-order valence-corrected chi connectivity index (χ3v) is 4.03. The molecule has 0 fully saturated rings. The summed E-state index contributed by atoms with van der Waals surface area (Å²) in [4.78, 5) is 12.0. The quantitative estimate of drug-likeness (QED) is 0.685. The third-order valence-electron chi connectivity index (χ3n) is 4.03. The zero-order valence-electron chi connectivity index (χ0n) is 12.2. The van der Waals surface area contributed by atoms with Crippen molar-refractivity contribution in [1.82, 2.24) is 10.9 Å². The van der Waals surface area contributed by atoms with Crippen LogP contribution in [0.1, 0.15) is 20.8 Å². The molecule has 4 N–H and O–H groups in total. The maximum atomic E-state index is 12.0. The molecule has 0 aromatic rings. The second-order valence-corrected chi connectivity index (χ2v) is 5.33. The number of hydrogen-bond donors (Lipinski definition) is 3. The summed E-state index contributed by atoms with van der Waals surface area (Å²) in [5.74, 6) is 0.257. The fraction of sp³-hybridized carbons (Fsp3) is 0.312. The number of hydrogen-bond acceptors (Lipinski definition) is 4. The van der Waals surface area contributed by atoms with E-state index >= 15 is 0 Å². The van der Waals surface area contributed by atoms with Gasteiger partial charge in [-0.1, -0.05) is 31.7 Å². The van der Waals surface area contributed by atoms with Gasteiger partial charge in [-0.15, -0.1) is 0 Å². The summed E-state index contributed by atoms with van der Waals surface area (Å²) in [5.41, 5.74) is 15.0. The minimum atomic E-state index is -0.720. The minimum absolute atomic E-state index is 0.0663. The van der Waals surface area contributed by atoms with Crippen molar-refractivity contribution in [1.29, 1.82) is 0 Å². The molecule has 106 valence electrons. The Balaban J connectivity index is 2.59. The van der Waals surface area contributed by atoms with Gasteiger partial charge in [-0.25, -0.2) is 5.43 Å². The topological polar surface area (TPSA) is 67.2 Å². The van der Waals surface area contributed by atoms with Gasteiger partial charge in [-0.2, -0.15) is 0 Å². The maximum Gasteiger partial charge on any atom is 0.155 e. The first-order valence-corrected chi connectivity index (χ1v) is 6.67. The van der Waals surface area contributed by atoms with Crippen LogP contribution in [0.3, 0.4) is 0 Å². The van der Waals surface area contributed by atoms with Crippen molar-refractivity contribution < 1.29 is 4.79 Å². The average Bonchev–Trinajstić information content (AvgIpc) is 2.66. The molecule has 0 saturated carbocycles. The molecule has 1 heterocycles. The number of ketones is 1. The lowest BCUT2D eigenvalue weighted by atomic mass is 9.85. The molecule has 2 rings (SSSR count). The van der Waals surface area contributed by atoms with Crippen molar-refractivity contribution in [2.24, 2.45) is 11.7 Å². The highest BCUT2D eigenvalue weighted by Gasteiger charge is 2.41. The summed E-state index contributed by atoms with van der Waals surface area (Å²) >= 11 is 0. The van der Waals surface area contributed by atoms with E-state index in [9.17, 15) is 4.79 Å². The molecule has 20 heavy (non-hydrogen) atoms. The summed E-state index contributed by atoms with van der Waals surface area (Å²) in [6.45, 7) is 9.34. The fourth-order valence-electron chi connectivity index (χ4n) is 2.46. The third kappa shape index (κ3) is 2.12. The van der Waals surface area contributed by atoms with Crippen molar-refractivity contribution in [2.75, 3.05) is 0 Å². The summed E-state index contributed by atoms with van der Waals surface area (Å²) in [7, 11) is 0. The number of carbonyl (C=O) groups is 1. The van der Waals surface area contributed by atoms with Gasteiger partial charge in [0.25, 0.3) is 0 Å². The second kappa shape index (κ2) is 5.13. The van der Waals surface area contributed by atoms with Gasteiger partial charge in [0.1, 0.15) is 5.54 Å². The lowest BCUT2D eigenvalue weighted by molar-refractivity contribution is -0.121. The number of rotatable bonds is 3. The Bertz CT molecular complexity index is 581. The zero-order valence-corrected chi connectivity index (χ0v) is 12.2. The van der Waals surface area contributed by atoms with Gasteiger partial charge in [0, 0.05) is 23.4 Å². The van der Waals surface area contributed by atoms with E-state index in [1.54, 1.807) is 13.0 Å². The van der Waals surface area contributed by atoms with E-state index in [1.165, 1.54) is 6.20 Å². The van der Waals surface area contributed by atoms with Crippen molar-refractivity contribution in [3.63, 3.8) is 0 Å². The van der Waals surface area contributed by atoms with Crippen LogP contribution in [0.4, 0.5) is 0 Å². The van der Waals surface area contributed by atoms with Gasteiger partial charge in [0.2, 0.25) is 0 Å². The van der Waals surface area contributed by atoms with Crippen LogP contribution in [0.2, 0.25) is 0 Å². The van der Waals surface area contributed by atoms with E-state index < -0.39 is 5.54 Å². The van der Waals surface area contributed by atoms with E-state index in [4.69, 9.17) is 5.73 Å². The molecule has 0 aromatic carbocycles. The summed E-state index contributed by atoms with van der Waals surface area (Å²) in [6, 6.07) is 0. The molecular weight excluding hydrogens is 250 g/mol. The molecule has 0 amide bonds. The Kier molecular flexibility index (Phi) is 3.68. The molecule has 1 aliphatic carbocycles. The van der Waals surface area contributed by atoms with Crippen LogP contribution in [0, 0.1) is 5.92 Å². The minimum Gasteiger partial charge on any atom is -0.404 e. The summed E-state index contributed by atoms with van der Waals surface area (Å²) in [6.07, 6.45) is 9.35. The summed E-state index contributed by atoms with van der Waals surface area (Å²) in [5, 5.41) is 0. The van der Waals surface area contributed by atoms with Crippen LogP contribution in [0.5, 0.6) is 0 Å². The molecule has 2 aliphatic rings. The highest BCUT2D eigenvalue weighted by atomic mass is 16.1. The number of allylic oxidation sites excluding steroid dienone is 5. The highest BCUT2D eigenvalue weighted by Crippen LogP contribution is 2.34. The molecule has 0 spiro atoms. The Labute approximate surface area is 119 Å². The maximum absolute atomic E-state index is 12.0. The first kappa shape index (κ1) is 14.3. The van der Waals surface area contributed by atoms with Crippen LogP contribution in [0.25, 0.3) is 0 Å². The number of nitrogens with two attached hydrogens (primary N) is 1. The van der Waals surface area contributed by atoms with Gasteiger partial charge < -0.3 is 11.2 Å². The smallest absolute Gasteiger partial charge is 0.155 e. The SMILES string of the molecule is C=C/C(=C\N)C1=CC2=C(NN[C@]2(C)C(C)=O)[C@@H](C)C=C1. The van der Waals surface area contributed by atoms with Crippen molar-refractivity contribution in [3.05, 3.63) is 59.5 Å². The van der Waals surface area contributed by atoms with E-state index in [-0.39, 0.29) is 11.7 Å². The first-order valence-electron chi connectivity index (χ1n) is 6.67. The van der Waals surface area contributed by atoms with Crippen molar-refractivity contribution in [2.45, 2.75) is 26.3 Å². The zero-order chi connectivity index (χ0) is 14.9. The Morgan fingerprint density at radius 3 is 2.80 bits per heavy atom.